The molecule has 2 N–H and O–H groups in total. The average molecular weight is 279 g/mol. The van der Waals surface area contributed by atoms with Crippen LogP contribution in [0.3, 0.4) is 0 Å². The molecule has 1 aliphatic rings. The zero-order valence-corrected chi connectivity index (χ0v) is 11.4. The summed E-state index contributed by atoms with van der Waals surface area (Å²) < 4.78 is 26.3. The van der Waals surface area contributed by atoms with Crippen LogP contribution in [0.1, 0.15) is 18.8 Å². The molecule has 5 nitrogen and oxygen atoms in total. The van der Waals surface area contributed by atoms with E-state index < -0.39 is 0 Å². The van der Waals surface area contributed by atoms with Gasteiger partial charge >= 0.3 is 0 Å². The Bertz CT molecular complexity index is 608. The number of nitrogens with zero attached hydrogens (tertiary/aromatic N) is 2. The maximum atomic E-state index is 13.3. The fourth-order valence-electron chi connectivity index (χ4n) is 2.59. The molecule has 6 heteroatoms. The lowest BCUT2D eigenvalue weighted by atomic mass is 10.1. The maximum Gasteiger partial charge on any atom is 0.129 e. The molecule has 2 aromatic rings. The Balaban J connectivity index is 2.01. The van der Waals surface area contributed by atoms with Gasteiger partial charge in [-0.25, -0.2) is 9.37 Å². The van der Waals surface area contributed by atoms with Crippen molar-refractivity contribution in [3.63, 3.8) is 0 Å². The van der Waals surface area contributed by atoms with Crippen molar-refractivity contribution in [3.05, 3.63) is 29.8 Å². The Morgan fingerprint density at radius 1 is 1.50 bits per heavy atom. The molecule has 3 rings (SSSR count). The molecular weight excluding hydrogens is 261 g/mol. The Morgan fingerprint density at radius 2 is 2.35 bits per heavy atom. The van der Waals surface area contributed by atoms with Crippen LogP contribution < -0.4 is 5.73 Å². The zero-order valence-electron chi connectivity index (χ0n) is 11.4. The molecule has 1 fully saturated rings. The van der Waals surface area contributed by atoms with Gasteiger partial charge in [0.15, 0.2) is 0 Å². The minimum absolute atomic E-state index is 0.212. The number of hydrogen-bond acceptors (Lipinski definition) is 4. The van der Waals surface area contributed by atoms with E-state index in [1.807, 2.05) is 11.5 Å². The van der Waals surface area contributed by atoms with Gasteiger partial charge in [-0.05, 0) is 19.1 Å². The third-order valence-electron chi connectivity index (χ3n) is 3.60. The molecule has 1 aliphatic heterocycles. The summed E-state index contributed by atoms with van der Waals surface area (Å²) in [5.74, 6) is 0.416. The second-order valence-corrected chi connectivity index (χ2v) is 4.86. The van der Waals surface area contributed by atoms with Crippen LogP contribution in [-0.2, 0) is 16.0 Å². The maximum absolute atomic E-state index is 13.3. The summed E-state index contributed by atoms with van der Waals surface area (Å²) >= 11 is 0. The van der Waals surface area contributed by atoms with Crippen molar-refractivity contribution in [2.45, 2.75) is 25.6 Å². The predicted octanol–water partition coefficient (Wildman–Crippen LogP) is 1.61. The normalized spacial score (nSPS) is 21.2. The van der Waals surface area contributed by atoms with E-state index >= 15 is 0 Å². The Kier molecular flexibility index (Phi) is 3.69. The first-order valence-electron chi connectivity index (χ1n) is 6.81. The summed E-state index contributed by atoms with van der Waals surface area (Å²) in [6, 6.07) is 4.21. The minimum atomic E-state index is -0.384. The molecule has 1 aromatic heterocycles. The molecule has 0 spiro atoms. The quantitative estimate of drug-likeness (QED) is 0.927. The molecule has 108 valence electrons. The highest BCUT2D eigenvalue weighted by Crippen LogP contribution is 2.24. The summed E-state index contributed by atoms with van der Waals surface area (Å²) in [6.07, 6.45) is -0.212. The lowest BCUT2D eigenvalue weighted by Crippen LogP contribution is -2.39. The molecule has 0 radical (unpaired) electrons. The van der Waals surface area contributed by atoms with Gasteiger partial charge < -0.3 is 19.8 Å². The van der Waals surface area contributed by atoms with Gasteiger partial charge in [0.1, 0.15) is 17.7 Å². The van der Waals surface area contributed by atoms with Crippen molar-refractivity contribution in [1.29, 1.82) is 0 Å². The Labute approximate surface area is 116 Å². The summed E-state index contributed by atoms with van der Waals surface area (Å²) in [7, 11) is 0. The number of aromatic nitrogens is 2. The first kappa shape index (κ1) is 13.5. The van der Waals surface area contributed by atoms with Crippen molar-refractivity contribution < 1.29 is 13.9 Å². The van der Waals surface area contributed by atoms with Gasteiger partial charge in [0.25, 0.3) is 0 Å². The third-order valence-corrected chi connectivity index (χ3v) is 3.60. The predicted molar refractivity (Wildman–Crippen MR) is 72.9 cm³/mol. The Hall–Kier alpha value is -1.50. The van der Waals surface area contributed by atoms with E-state index in [-0.39, 0.29) is 18.0 Å². The van der Waals surface area contributed by atoms with Gasteiger partial charge in [0, 0.05) is 12.6 Å². The van der Waals surface area contributed by atoms with E-state index in [4.69, 9.17) is 15.2 Å². The topological polar surface area (TPSA) is 62.3 Å². The fourth-order valence-corrected chi connectivity index (χ4v) is 2.59. The molecule has 2 unspecified atom stereocenters. The van der Waals surface area contributed by atoms with Crippen molar-refractivity contribution in [1.82, 2.24) is 9.55 Å². The van der Waals surface area contributed by atoms with Crippen molar-refractivity contribution in [2.75, 3.05) is 19.8 Å². The second-order valence-electron chi connectivity index (χ2n) is 4.86. The largest absolute Gasteiger partial charge is 0.376 e. The number of fused-ring (bicyclic) bond motifs is 1. The van der Waals surface area contributed by atoms with Gasteiger partial charge in [-0.3, -0.25) is 0 Å². The molecular formula is C14H18FN3O2. The second kappa shape index (κ2) is 5.47. The van der Waals surface area contributed by atoms with Gasteiger partial charge in [-0.1, -0.05) is 0 Å². The number of rotatable bonds is 3. The van der Waals surface area contributed by atoms with Crippen LogP contribution in [0.15, 0.2) is 18.2 Å². The Morgan fingerprint density at radius 3 is 3.05 bits per heavy atom. The standard InChI is InChI=1S/C14H18FN3O2/c1-2-18-11-4-3-9(15)7-10(11)17-14(18)13(16)12-8-19-5-6-20-12/h3-4,7,12-13H,2,5-6,8,16H2,1H3. The van der Waals surface area contributed by atoms with E-state index in [2.05, 4.69) is 4.98 Å². The van der Waals surface area contributed by atoms with Crippen LogP contribution in [0.4, 0.5) is 4.39 Å². The van der Waals surface area contributed by atoms with Crippen LogP contribution >= 0.6 is 0 Å². The molecule has 20 heavy (non-hydrogen) atoms. The monoisotopic (exact) mass is 279 g/mol. The molecule has 0 saturated carbocycles. The van der Waals surface area contributed by atoms with Crippen LogP contribution in [0, 0.1) is 5.82 Å². The lowest BCUT2D eigenvalue weighted by Gasteiger charge is -2.27. The van der Waals surface area contributed by atoms with Crippen LogP contribution in [-0.4, -0.2) is 35.5 Å². The summed E-state index contributed by atoms with van der Waals surface area (Å²) in [4.78, 5) is 4.48. The van der Waals surface area contributed by atoms with Gasteiger partial charge in [-0.15, -0.1) is 0 Å². The van der Waals surface area contributed by atoms with Crippen LogP contribution in [0.5, 0.6) is 0 Å². The van der Waals surface area contributed by atoms with Gasteiger partial charge in [-0.2, -0.15) is 0 Å². The van der Waals surface area contributed by atoms with Gasteiger partial charge in [0.2, 0.25) is 0 Å². The van der Waals surface area contributed by atoms with Gasteiger partial charge in [0.05, 0.1) is 36.9 Å². The molecule has 1 aromatic carbocycles. The number of imidazole rings is 1. The van der Waals surface area contributed by atoms with Crippen LogP contribution in [0.25, 0.3) is 11.0 Å². The summed E-state index contributed by atoms with van der Waals surface area (Å²) in [6.45, 7) is 4.33. The number of aryl methyl sites for hydroxylation is 1. The number of halogens is 1. The van der Waals surface area contributed by atoms with Crippen molar-refractivity contribution in [3.8, 4) is 0 Å². The van der Waals surface area contributed by atoms with E-state index in [0.29, 0.717) is 31.2 Å². The first-order valence-corrected chi connectivity index (χ1v) is 6.81. The zero-order chi connectivity index (χ0) is 14.1. The van der Waals surface area contributed by atoms with Crippen LogP contribution in [0.2, 0.25) is 0 Å². The highest BCUT2D eigenvalue weighted by Gasteiger charge is 2.27. The first-order chi connectivity index (χ1) is 9.70. The number of ether oxygens (including phenoxy) is 2. The molecule has 2 atom stereocenters. The lowest BCUT2D eigenvalue weighted by molar-refractivity contribution is -0.0987. The van der Waals surface area contributed by atoms with E-state index in [0.717, 1.165) is 12.1 Å². The van der Waals surface area contributed by atoms with E-state index in [1.165, 1.54) is 12.1 Å². The van der Waals surface area contributed by atoms with E-state index in [1.54, 1.807) is 6.07 Å². The highest BCUT2D eigenvalue weighted by molar-refractivity contribution is 5.76. The van der Waals surface area contributed by atoms with Crippen molar-refractivity contribution in [2.24, 2.45) is 5.73 Å². The smallest absolute Gasteiger partial charge is 0.129 e. The minimum Gasteiger partial charge on any atom is -0.376 e. The summed E-state index contributed by atoms with van der Waals surface area (Å²) in [5, 5.41) is 0. The van der Waals surface area contributed by atoms with Crippen molar-refractivity contribution >= 4 is 11.0 Å². The SMILES string of the molecule is CCn1c(C(N)C2COCCO2)nc2cc(F)ccc21. The molecule has 0 aliphatic carbocycles. The number of benzene rings is 1. The molecule has 0 amide bonds. The fraction of sp³-hybridized carbons (Fsp3) is 0.500. The number of nitrogens with two attached hydrogens (primary N) is 1. The number of hydrogen-bond donors (Lipinski definition) is 1. The van der Waals surface area contributed by atoms with E-state index in [9.17, 15) is 4.39 Å². The molecule has 2 heterocycles. The molecule has 1 saturated heterocycles. The molecule has 0 bridgehead atoms. The highest BCUT2D eigenvalue weighted by atomic mass is 19.1. The average Bonchev–Trinajstić information content (AvgIpc) is 2.84. The summed E-state index contributed by atoms with van der Waals surface area (Å²) in [5.41, 5.74) is 7.77. The third kappa shape index (κ3) is 2.30.